The van der Waals surface area contributed by atoms with Crippen LogP contribution in [0, 0.1) is 5.92 Å². The summed E-state index contributed by atoms with van der Waals surface area (Å²) in [7, 11) is 0. The largest absolute Gasteiger partial charge is 0.310 e. The highest BCUT2D eigenvalue weighted by Crippen LogP contribution is 2.31. The Hall–Kier alpha value is -0.0800. The number of hydrogen-bond acceptors (Lipinski definition) is 2. The zero-order valence-electron chi connectivity index (χ0n) is 11.3. The summed E-state index contributed by atoms with van der Waals surface area (Å²) < 4.78 is 0. The Bertz CT molecular complexity index is 247. The first-order valence-corrected chi connectivity index (χ1v) is 7.85. The number of rotatable bonds is 3. The second-order valence-electron chi connectivity index (χ2n) is 6.49. The molecule has 98 valence electrons. The van der Waals surface area contributed by atoms with E-state index in [0.717, 1.165) is 24.0 Å². The first-order chi connectivity index (χ1) is 8.34. The van der Waals surface area contributed by atoms with E-state index < -0.39 is 0 Å². The standard InChI is InChI=1S/C15H28N2/c1-12(13-6-2-3-7-13)16-14-9-11-17-10-5-4-8-15(14)17/h12-16H,2-11H2,1H3. The molecule has 3 atom stereocenters. The molecule has 2 aliphatic heterocycles. The Kier molecular flexibility index (Phi) is 3.72. The molecule has 0 spiro atoms. The Balaban J connectivity index is 1.54. The lowest BCUT2D eigenvalue weighted by molar-refractivity contribution is 0.172. The number of fused-ring (bicyclic) bond motifs is 1. The molecule has 2 heterocycles. The van der Waals surface area contributed by atoms with Gasteiger partial charge in [-0.3, -0.25) is 4.90 Å². The molecule has 2 nitrogen and oxygen atoms in total. The van der Waals surface area contributed by atoms with Crippen molar-refractivity contribution in [1.29, 1.82) is 0 Å². The molecule has 0 amide bonds. The van der Waals surface area contributed by atoms with Gasteiger partial charge in [0.1, 0.15) is 0 Å². The van der Waals surface area contributed by atoms with Crippen LogP contribution >= 0.6 is 0 Å². The Morgan fingerprint density at radius 3 is 2.53 bits per heavy atom. The molecule has 0 bridgehead atoms. The van der Waals surface area contributed by atoms with E-state index in [0.29, 0.717) is 0 Å². The van der Waals surface area contributed by atoms with Crippen molar-refractivity contribution in [3.63, 3.8) is 0 Å². The minimum absolute atomic E-state index is 0.754. The van der Waals surface area contributed by atoms with Crippen molar-refractivity contribution >= 4 is 0 Å². The van der Waals surface area contributed by atoms with Gasteiger partial charge in [-0.15, -0.1) is 0 Å². The lowest BCUT2D eigenvalue weighted by Crippen LogP contribution is -2.49. The number of hydrogen-bond donors (Lipinski definition) is 1. The van der Waals surface area contributed by atoms with Crippen LogP contribution in [0.15, 0.2) is 0 Å². The van der Waals surface area contributed by atoms with Crippen molar-refractivity contribution in [3.8, 4) is 0 Å². The molecule has 0 aromatic heterocycles. The summed E-state index contributed by atoms with van der Waals surface area (Å²) in [5.74, 6) is 0.965. The van der Waals surface area contributed by atoms with Crippen molar-refractivity contribution in [3.05, 3.63) is 0 Å². The summed E-state index contributed by atoms with van der Waals surface area (Å²) >= 11 is 0. The van der Waals surface area contributed by atoms with E-state index in [1.54, 1.807) is 0 Å². The van der Waals surface area contributed by atoms with Gasteiger partial charge in [0, 0.05) is 24.7 Å². The molecule has 1 N–H and O–H groups in total. The normalized spacial score (nSPS) is 37.2. The fourth-order valence-corrected chi connectivity index (χ4v) is 4.37. The average molecular weight is 236 g/mol. The molecule has 1 aliphatic carbocycles. The molecule has 3 aliphatic rings. The van der Waals surface area contributed by atoms with Crippen molar-refractivity contribution in [2.45, 2.75) is 76.4 Å². The van der Waals surface area contributed by atoms with E-state index in [1.165, 1.54) is 64.5 Å². The van der Waals surface area contributed by atoms with Crippen molar-refractivity contribution < 1.29 is 0 Å². The number of piperidine rings is 1. The topological polar surface area (TPSA) is 15.3 Å². The van der Waals surface area contributed by atoms with Crippen molar-refractivity contribution in [1.82, 2.24) is 10.2 Å². The van der Waals surface area contributed by atoms with E-state index >= 15 is 0 Å². The summed E-state index contributed by atoms with van der Waals surface area (Å²) in [4.78, 5) is 2.74. The molecule has 0 radical (unpaired) electrons. The van der Waals surface area contributed by atoms with Crippen molar-refractivity contribution in [2.75, 3.05) is 13.1 Å². The molecule has 1 saturated carbocycles. The average Bonchev–Trinajstić information content (AvgIpc) is 2.98. The quantitative estimate of drug-likeness (QED) is 0.810. The minimum atomic E-state index is 0.754. The van der Waals surface area contributed by atoms with Crippen LogP contribution in [0.3, 0.4) is 0 Å². The maximum absolute atomic E-state index is 3.98. The molecular formula is C15H28N2. The first-order valence-electron chi connectivity index (χ1n) is 7.85. The van der Waals surface area contributed by atoms with Crippen LogP contribution in [0.2, 0.25) is 0 Å². The van der Waals surface area contributed by atoms with Gasteiger partial charge in [-0.1, -0.05) is 19.3 Å². The van der Waals surface area contributed by atoms with E-state index in [1.807, 2.05) is 0 Å². The monoisotopic (exact) mass is 236 g/mol. The predicted molar refractivity (Wildman–Crippen MR) is 72.2 cm³/mol. The van der Waals surface area contributed by atoms with Gasteiger partial charge in [0.25, 0.3) is 0 Å². The van der Waals surface area contributed by atoms with Crippen molar-refractivity contribution in [2.24, 2.45) is 5.92 Å². The Morgan fingerprint density at radius 2 is 1.71 bits per heavy atom. The second kappa shape index (κ2) is 5.27. The molecule has 2 saturated heterocycles. The molecule has 0 aromatic carbocycles. The van der Waals surface area contributed by atoms with E-state index in [2.05, 4.69) is 17.1 Å². The van der Waals surface area contributed by atoms with Gasteiger partial charge in [-0.25, -0.2) is 0 Å². The first kappa shape index (κ1) is 12.0. The third kappa shape index (κ3) is 2.53. The SMILES string of the molecule is CC(NC1CCN2CCCCC12)C1CCCC1. The molecule has 2 heteroatoms. The number of nitrogens with one attached hydrogen (secondary N) is 1. The summed E-state index contributed by atoms with van der Waals surface area (Å²) in [6.45, 7) is 5.14. The maximum Gasteiger partial charge on any atom is 0.0249 e. The van der Waals surface area contributed by atoms with Crippen LogP contribution in [0.5, 0.6) is 0 Å². The molecular weight excluding hydrogens is 208 g/mol. The van der Waals surface area contributed by atoms with Crippen LogP contribution < -0.4 is 5.32 Å². The second-order valence-corrected chi connectivity index (χ2v) is 6.49. The highest BCUT2D eigenvalue weighted by Gasteiger charge is 2.36. The van der Waals surface area contributed by atoms with Crippen LogP contribution in [-0.4, -0.2) is 36.1 Å². The lowest BCUT2D eigenvalue weighted by atomic mass is 9.95. The molecule has 0 aromatic rings. The minimum Gasteiger partial charge on any atom is -0.310 e. The van der Waals surface area contributed by atoms with E-state index in [9.17, 15) is 0 Å². The molecule has 3 fully saturated rings. The smallest absolute Gasteiger partial charge is 0.0249 e. The third-order valence-corrected chi connectivity index (χ3v) is 5.44. The number of nitrogens with zero attached hydrogens (tertiary/aromatic N) is 1. The fourth-order valence-electron chi connectivity index (χ4n) is 4.37. The van der Waals surface area contributed by atoms with Gasteiger partial charge in [0.15, 0.2) is 0 Å². The zero-order valence-corrected chi connectivity index (χ0v) is 11.3. The Morgan fingerprint density at radius 1 is 0.941 bits per heavy atom. The maximum atomic E-state index is 3.98. The summed E-state index contributed by atoms with van der Waals surface area (Å²) in [5, 5.41) is 3.98. The van der Waals surface area contributed by atoms with Gasteiger partial charge in [-0.2, -0.15) is 0 Å². The van der Waals surface area contributed by atoms with Crippen LogP contribution in [0.4, 0.5) is 0 Å². The molecule has 3 unspecified atom stereocenters. The predicted octanol–water partition coefficient (Wildman–Crippen LogP) is 2.78. The van der Waals surface area contributed by atoms with Gasteiger partial charge in [-0.05, 0) is 51.5 Å². The lowest BCUT2D eigenvalue weighted by Gasteiger charge is -2.34. The third-order valence-electron chi connectivity index (χ3n) is 5.44. The summed E-state index contributed by atoms with van der Waals surface area (Å²) in [5.41, 5.74) is 0. The fraction of sp³-hybridized carbons (Fsp3) is 1.00. The van der Waals surface area contributed by atoms with Gasteiger partial charge in [0.2, 0.25) is 0 Å². The van der Waals surface area contributed by atoms with E-state index in [-0.39, 0.29) is 0 Å². The van der Waals surface area contributed by atoms with Gasteiger partial charge >= 0.3 is 0 Å². The molecule has 17 heavy (non-hydrogen) atoms. The highest BCUT2D eigenvalue weighted by molar-refractivity contribution is 4.95. The summed E-state index contributed by atoms with van der Waals surface area (Å²) in [6, 6.07) is 2.42. The van der Waals surface area contributed by atoms with Crippen LogP contribution in [0.1, 0.15) is 58.3 Å². The zero-order chi connectivity index (χ0) is 11.7. The highest BCUT2D eigenvalue weighted by atomic mass is 15.2. The summed E-state index contributed by atoms with van der Waals surface area (Å²) in [6.07, 6.45) is 11.6. The van der Waals surface area contributed by atoms with Crippen LogP contribution in [-0.2, 0) is 0 Å². The van der Waals surface area contributed by atoms with Gasteiger partial charge in [0.05, 0.1) is 0 Å². The molecule has 3 rings (SSSR count). The van der Waals surface area contributed by atoms with Gasteiger partial charge < -0.3 is 5.32 Å². The van der Waals surface area contributed by atoms with Crippen LogP contribution in [0.25, 0.3) is 0 Å². The Labute approximate surface area is 106 Å². The van der Waals surface area contributed by atoms with E-state index in [4.69, 9.17) is 0 Å².